The first-order valence-electron chi connectivity index (χ1n) is 9.54. The molecule has 4 aromatic rings. The number of para-hydroxylation sites is 1. The minimum absolute atomic E-state index is 0.0137. The quantitative estimate of drug-likeness (QED) is 0.425. The maximum absolute atomic E-state index is 12.3. The Hall–Kier alpha value is -3.67. The van der Waals surface area contributed by atoms with Crippen LogP contribution in [-0.4, -0.2) is 22.1 Å². The standard InChI is InChI=1S/C23H22N4O2/c1-15(2)27-20-13-6-5-11-18(20)22(23(27)29)26-25-21(28)14-24-19-12-7-9-16-8-3-4-10-17(16)19/h3-13,15,24,29H,14H2,1-2H3. The van der Waals surface area contributed by atoms with E-state index in [1.165, 1.54) is 0 Å². The number of hydrogen-bond acceptors (Lipinski definition) is 4. The van der Waals surface area contributed by atoms with E-state index in [1.807, 2.05) is 80.6 Å². The summed E-state index contributed by atoms with van der Waals surface area (Å²) in [5.74, 6) is -0.404. The number of carbonyl (C=O) groups is 1. The van der Waals surface area contributed by atoms with E-state index in [-0.39, 0.29) is 18.5 Å². The number of hydrogen-bond donors (Lipinski definition) is 2. The fourth-order valence-electron chi connectivity index (χ4n) is 3.55. The molecule has 1 aromatic heterocycles. The Morgan fingerprint density at radius 2 is 1.69 bits per heavy atom. The third-order valence-corrected chi connectivity index (χ3v) is 4.86. The van der Waals surface area contributed by atoms with Crippen molar-refractivity contribution in [1.82, 2.24) is 4.57 Å². The summed E-state index contributed by atoms with van der Waals surface area (Å²) in [6.45, 7) is 3.97. The first kappa shape index (κ1) is 18.7. The molecule has 1 heterocycles. The van der Waals surface area contributed by atoms with Crippen LogP contribution < -0.4 is 5.32 Å². The van der Waals surface area contributed by atoms with Gasteiger partial charge in [-0.3, -0.25) is 4.79 Å². The molecular formula is C23H22N4O2. The number of carbonyl (C=O) groups excluding carboxylic acids is 1. The highest BCUT2D eigenvalue weighted by Crippen LogP contribution is 2.40. The summed E-state index contributed by atoms with van der Waals surface area (Å²) < 4.78 is 1.78. The lowest BCUT2D eigenvalue weighted by Crippen LogP contribution is -2.11. The van der Waals surface area contributed by atoms with Crippen LogP contribution in [0.1, 0.15) is 19.9 Å². The van der Waals surface area contributed by atoms with Crippen LogP contribution in [0.4, 0.5) is 11.4 Å². The molecule has 0 aliphatic rings. The van der Waals surface area contributed by atoms with Gasteiger partial charge in [-0.05, 0) is 31.4 Å². The number of nitrogens with one attached hydrogen (secondary N) is 1. The number of aromatic nitrogens is 1. The summed E-state index contributed by atoms with van der Waals surface area (Å²) in [5.41, 5.74) is 2.04. The zero-order chi connectivity index (χ0) is 20.4. The van der Waals surface area contributed by atoms with Crippen LogP contribution in [0.3, 0.4) is 0 Å². The summed E-state index contributed by atoms with van der Waals surface area (Å²) in [7, 11) is 0. The Morgan fingerprint density at radius 3 is 2.48 bits per heavy atom. The largest absolute Gasteiger partial charge is 0.493 e. The highest BCUT2D eigenvalue weighted by Gasteiger charge is 2.18. The van der Waals surface area contributed by atoms with Crippen molar-refractivity contribution in [3.63, 3.8) is 0 Å². The molecule has 0 fully saturated rings. The lowest BCUT2D eigenvalue weighted by Gasteiger charge is -2.10. The maximum Gasteiger partial charge on any atom is 0.283 e. The number of azo groups is 1. The van der Waals surface area contributed by atoms with E-state index in [0.29, 0.717) is 5.69 Å². The van der Waals surface area contributed by atoms with Crippen LogP contribution in [0.15, 0.2) is 77.0 Å². The number of benzene rings is 3. The highest BCUT2D eigenvalue weighted by atomic mass is 16.3. The van der Waals surface area contributed by atoms with Crippen molar-refractivity contribution in [3.8, 4) is 5.88 Å². The van der Waals surface area contributed by atoms with Gasteiger partial charge >= 0.3 is 0 Å². The van der Waals surface area contributed by atoms with Crippen molar-refractivity contribution in [1.29, 1.82) is 0 Å². The Balaban J connectivity index is 1.55. The topological polar surface area (TPSA) is 79.0 Å². The van der Waals surface area contributed by atoms with Gasteiger partial charge in [0.25, 0.3) is 5.91 Å². The number of fused-ring (bicyclic) bond motifs is 2. The first-order valence-corrected chi connectivity index (χ1v) is 9.54. The van der Waals surface area contributed by atoms with Gasteiger partial charge in [-0.2, -0.15) is 0 Å². The maximum atomic E-state index is 12.3. The van der Waals surface area contributed by atoms with Crippen molar-refractivity contribution < 1.29 is 9.90 Å². The number of amides is 1. The Kier molecular flexibility index (Phi) is 4.99. The monoisotopic (exact) mass is 386 g/mol. The predicted molar refractivity (Wildman–Crippen MR) is 116 cm³/mol. The van der Waals surface area contributed by atoms with E-state index in [4.69, 9.17) is 0 Å². The summed E-state index contributed by atoms with van der Waals surface area (Å²) in [6.07, 6.45) is 0. The van der Waals surface area contributed by atoms with Crippen LogP contribution in [0.25, 0.3) is 21.7 Å². The molecule has 0 spiro atoms. The lowest BCUT2D eigenvalue weighted by molar-refractivity contribution is -0.116. The lowest BCUT2D eigenvalue weighted by atomic mass is 10.1. The molecule has 3 aromatic carbocycles. The average Bonchev–Trinajstić information content (AvgIpc) is 3.02. The molecule has 0 aliphatic heterocycles. The second kappa shape index (κ2) is 7.75. The zero-order valence-electron chi connectivity index (χ0n) is 16.3. The third kappa shape index (κ3) is 3.57. The molecule has 2 N–H and O–H groups in total. The molecule has 6 heteroatoms. The number of anilines is 1. The Bertz CT molecular complexity index is 1220. The number of aromatic hydroxyl groups is 1. The van der Waals surface area contributed by atoms with Crippen LogP contribution in [0.2, 0.25) is 0 Å². The van der Waals surface area contributed by atoms with Gasteiger partial charge in [0, 0.05) is 22.5 Å². The molecule has 0 unspecified atom stereocenters. The summed E-state index contributed by atoms with van der Waals surface area (Å²) >= 11 is 0. The van der Waals surface area contributed by atoms with E-state index in [0.717, 1.165) is 27.4 Å². The van der Waals surface area contributed by atoms with Crippen LogP contribution >= 0.6 is 0 Å². The Morgan fingerprint density at radius 1 is 1.00 bits per heavy atom. The molecule has 0 aliphatic carbocycles. The highest BCUT2D eigenvalue weighted by molar-refractivity contribution is 5.96. The number of nitrogens with zero attached hydrogens (tertiary/aromatic N) is 3. The van der Waals surface area contributed by atoms with Gasteiger partial charge in [-0.25, -0.2) is 0 Å². The van der Waals surface area contributed by atoms with Gasteiger partial charge < -0.3 is 15.0 Å². The van der Waals surface area contributed by atoms with Gasteiger partial charge in [0.05, 0.1) is 12.1 Å². The second-order valence-corrected chi connectivity index (χ2v) is 7.13. The predicted octanol–water partition coefficient (Wildman–Crippen LogP) is 5.80. The van der Waals surface area contributed by atoms with Crippen molar-refractivity contribution >= 4 is 39.0 Å². The molecule has 0 bridgehead atoms. The van der Waals surface area contributed by atoms with E-state index in [2.05, 4.69) is 15.5 Å². The van der Waals surface area contributed by atoms with E-state index >= 15 is 0 Å². The van der Waals surface area contributed by atoms with Gasteiger partial charge in [0.15, 0.2) is 5.69 Å². The minimum Gasteiger partial charge on any atom is -0.493 e. The second-order valence-electron chi connectivity index (χ2n) is 7.13. The molecule has 0 saturated carbocycles. The molecule has 0 saturated heterocycles. The van der Waals surface area contributed by atoms with E-state index in [9.17, 15) is 9.90 Å². The van der Waals surface area contributed by atoms with Crippen molar-refractivity contribution in [2.45, 2.75) is 19.9 Å². The van der Waals surface area contributed by atoms with E-state index < -0.39 is 5.91 Å². The molecule has 0 radical (unpaired) electrons. The fourth-order valence-corrected chi connectivity index (χ4v) is 3.55. The zero-order valence-corrected chi connectivity index (χ0v) is 16.3. The van der Waals surface area contributed by atoms with Crippen LogP contribution in [0, 0.1) is 0 Å². The van der Waals surface area contributed by atoms with Crippen molar-refractivity contribution in [3.05, 3.63) is 66.7 Å². The SMILES string of the molecule is CC(C)n1c(O)c(N=NC(=O)CNc2cccc3ccccc23)c2ccccc21. The fraction of sp³-hybridized carbons (Fsp3) is 0.174. The summed E-state index contributed by atoms with van der Waals surface area (Å²) in [4.78, 5) is 12.3. The van der Waals surface area contributed by atoms with Crippen molar-refractivity contribution in [2.75, 3.05) is 11.9 Å². The van der Waals surface area contributed by atoms with Gasteiger partial charge in [-0.15, -0.1) is 10.2 Å². The van der Waals surface area contributed by atoms with Crippen LogP contribution in [-0.2, 0) is 4.79 Å². The minimum atomic E-state index is -0.418. The smallest absolute Gasteiger partial charge is 0.283 e. The van der Waals surface area contributed by atoms with Gasteiger partial charge in [-0.1, -0.05) is 54.6 Å². The Labute approximate surface area is 168 Å². The van der Waals surface area contributed by atoms with Gasteiger partial charge in [0.1, 0.15) is 0 Å². The normalized spacial score (nSPS) is 11.7. The molecule has 1 amide bonds. The molecule has 146 valence electrons. The first-order chi connectivity index (χ1) is 14.1. The van der Waals surface area contributed by atoms with E-state index in [1.54, 1.807) is 4.57 Å². The average molecular weight is 386 g/mol. The summed E-state index contributed by atoms with van der Waals surface area (Å²) in [5, 5.41) is 24.5. The molecule has 4 rings (SSSR count). The van der Waals surface area contributed by atoms with Crippen molar-refractivity contribution in [2.24, 2.45) is 10.2 Å². The molecule has 0 atom stereocenters. The number of rotatable bonds is 5. The molecular weight excluding hydrogens is 364 g/mol. The molecule has 29 heavy (non-hydrogen) atoms. The third-order valence-electron chi connectivity index (χ3n) is 4.86. The molecule has 6 nitrogen and oxygen atoms in total. The van der Waals surface area contributed by atoms with Crippen LogP contribution in [0.5, 0.6) is 5.88 Å². The summed E-state index contributed by atoms with van der Waals surface area (Å²) in [6, 6.07) is 21.5. The van der Waals surface area contributed by atoms with Gasteiger partial charge in [0.2, 0.25) is 5.88 Å².